The number of amides is 2. The first-order valence-corrected chi connectivity index (χ1v) is 7.15. The summed E-state index contributed by atoms with van der Waals surface area (Å²) in [4.78, 5) is 25.5. The Morgan fingerprint density at radius 2 is 2.26 bits per heavy atom. The van der Waals surface area contributed by atoms with Gasteiger partial charge in [-0.1, -0.05) is 6.92 Å². The highest BCUT2D eigenvalue weighted by Crippen LogP contribution is 2.24. The molecule has 0 aliphatic carbocycles. The van der Waals surface area contributed by atoms with E-state index in [4.69, 9.17) is 5.11 Å². The van der Waals surface area contributed by atoms with Crippen molar-refractivity contribution in [2.75, 3.05) is 13.1 Å². The highest BCUT2D eigenvalue weighted by Gasteiger charge is 2.37. The van der Waals surface area contributed by atoms with Gasteiger partial charge in [0.15, 0.2) is 0 Å². The lowest BCUT2D eigenvalue weighted by atomic mass is 9.87. The fraction of sp³-hybridized carbons (Fsp3) is 0.538. The van der Waals surface area contributed by atoms with Crippen molar-refractivity contribution in [1.82, 2.24) is 10.2 Å². The lowest BCUT2D eigenvalue weighted by molar-refractivity contribution is -0.144. The molecule has 1 aromatic heterocycles. The van der Waals surface area contributed by atoms with Crippen LogP contribution in [0.3, 0.4) is 0 Å². The van der Waals surface area contributed by atoms with Crippen LogP contribution in [0.15, 0.2) is 11.4 Å². The zero-order valence-electron chi connectivity index (χ0n) is 11.0. The van der Waals surface area contributed by atoms with Crippen LogP contribution in [0.1, 0.15) is 17.4 Å². The Morgan fingerprint density at radius 1 is 1.58 bits per heavy atom. The molecule has 2 rings (SSSR count). The van der Waals surface area contributed by atoms with E-state index in [1.807, 2.05) is 18.4 Å². The number of nitrogens with one attached hydrogen (secondary N) is 1. The predicted molar refractivity (Wildman–Crippen MR) is 73.2 cm³/mol. The lowest BCUT2D eigenvalue weighted by Gasteiger charge is -2.41. The molecule has 1 aliphatic heterocycles. The van der Waals surface area contributed by atoms with Crippen LogP contribution < -0.4 is 5.32 Å². The van der Waals surface area contributed by atoms with E-state index < -0.39 is 5.97 Å². The van der Waals surface area contributed by atoms with Crippen LogP contribution in [0.4, 0.5) is 4.79 Å². The van der Waals surface area contributed by atoms with Crippen molar-refractivity contribution >= 4 is 23.3 Å². The monoisotopic (exact) mass is 282 g/mol. The van der Waals surface area contributed by atoms with Gasteiger partial charge in [0.1, 0.15) is 0 Å². The minimum atomic E-state index is -0.792. The van der Waals surface area contributed by atoms with Gasteiger partial charge in [0.2, 0.25) is 0 Å². The summed E-state index contributed by atoms with van der Waals surface area (Å²) in [6.07, 6.45) is 0. The molecule has 0 spiro atoms. The third-order valence-electron chi connectivity index (χ3n) is 3.66. The van der Waals surface area contributed by atoms with Crippen molar-refractivity contribution in [2.24, 2.45) is 11.8 Å². The predicted octanol–water partition coefficient (Wildman–Crippen LogP) is 1.92. The van der Waals surface area contributed by atoms with E-state index in [1.54, 1.807) is 23.2 Å². The van der Waals surface area contributed by atoms with Gasteiger partial charge >= 0.3 is 12.0 Å². The van der Waals surface area contributed by atoms with E-state index >= 15 is 0 Å². The van der Waals surface area contributed by atoms with E-state index in [9.17, 15) is 9.59 Å². The van der Waals surface area contributed by atoms with Crippen LogP contribution in [-0.2, 0) is 11.3 Å². The number of carbonyl (C=O) groups excluding carboxylic acids is 1. The summed E-state index contributed by atoms with van der Waals surface area (Å²) in [5.41, 5.74) is 1.19. The van der Waals surface area contributed by atoms with Gasteiger partial charge in [0, 0.05) is 23.9 Å². The number of urea groups is 1. The molecule has 0 bridgehead atoms. The smallest absolute Gasteiger partial charge is 0.317 e. The molecule has 104 valence electrons. The number of aryl methyl sites for hydroxylation is 1. The van der Waals surface area contributed by atoms with Gasteiger partial charge in [0.25, 0.3) is 0 Å². The SMILES string of the molecule is Cc1ccsc1CNC(=O)N1CC(C(C)C(=O)O)C1. The van der Waals surface area contributed by atoms with Gasteiger partial charge in [-0.3, -0.25) is 4.79 Å². The van der Waals surface area contributed by atoms with E-state index in [1.165, 1.54) is 5.56 Å². The number of hydrogen-bond acceptors (Lipinski definition) is 3. The number of aliphatic carboxylic acids is 1. The number of nitrogens with zero attached hydrogens (tertiary/aromatic N) is 1. The van der Waals surface area contributed by atoms with Gasteiger partial charge in [-0.05, 0) is 23.9 Å². The first-order valence-electron chi connectivity index (χ1n) is 6.27. The molecule has 2 heterocycles. The summed E-state index contributed by atoms with van der Waals surface area (Å²) in [5.74, 6) is -1.10. The van der Waals surface area contributed by atoms with E-state index in [2.05, 4.69) is 5.32 Å². The highest BCUT2D eigenvalue weighted by atomic mass is 32.1. The number of likely N-dealkylation sites (tertiary alicyclic amines) is 1. The van der Waals surface area contributed by atoms with Gasteiger partial charge in [-0.2, -0.15) is 0 Å². The van der Waals surface area contributed by atoms with Crippen LogP contribution in [0.25, 0.3) is 0 Å². The second kappa shape index (κ2) is 5.61. The normalized spacial score (nSPS) is 16.8. The van der Waals surface area contributed by atoms with E-state index in [-0.39, 0.29) is 17.9 Å². The molecule has 1 aliphatic rings. The standard InChI is InChI=1S/C13H18N2O3S/c1-8-3-4-19-11(8)5-14-13(18)15-6-10(7-15)9(2)12(16)17/h3-4,9-10H,5-7H2,1-2H3,(H,14,18)(H,16,17). The second-order valence-corrected chi connectivity index (χ2v) is 5.98. The average molecular weight is 282 g/mol. The second-order valence-electron chi connectivity index (χ2n) is 4.98. The molecule has 0 saturated carbocycles. The molecule has 1 fully saturated rings. The highest BCUT2D eigenvalue weighted by molar-refractivity contribution is 7.10. The quantitative estimate of drug-likeness (QED) is 0.886. The zero-order chi connectivity index (χ0) is 14.0. The Kier molecular flexibility index (Phi) is 4.09. The summed E-state index contributed by atoms with van der Waals surface area (Å²) in [7, 11) is 0. The molecule has 0 aromatic carbocycles. The number of thiophene rings is 1. The molecular formula is C13H18N2O3S. The Balaban J connectivity index is 1.75. The Morgan fingerprint density at radius 3 is 2.79 bits per heavy atom. The zero-order valence-corrected chi connectivity index (χ0v) is 11.9. The number of carbonyl (C=O) groups is 2. The van der Waals surface area contributed by atoms with Crippen molar-refractivity contribution in [1.29, 1.82) is 0 Å². The minimum absolute atomic E-state index is 0.0757. The average Bonchev–Trinajstić information content (AvgIpc) is 2.70. The summed E-state index contributed by atoms with van der Waals surface area (Å²) in [5, 5.41) is 13.8. The summed E-state index contributed by atoms with van der Waals surface area (Å²) < 4.78 is 0. The number of rotatable bonds is 4. The Bertz CT molecular complexity index is 480. The molecular weight excluding hydrogens is 264 g/mol. The van der Waals surface area contributed by atoms with Crippen molar-refractivity contribution < 1.29 is 14.7 Å². The maximum absolute atomic E-state index is 11.8. The molecule has 2 N–H and O–H groups in total. The van der Waals surface area contributed by atoms with Gasteiger partial charge in [-0.25, -0.2) is 4.79 Å². The number of carboxylic acids is 1. The molecule has 1 saturated heterocycles. The van der Waals surface area contributed by atoms with Crippen LogP contribution in [-0.4, -0.2) is 35.1 Å². The van der Waals surface area contributed by atoms with Crippen LogP contribution in [0, 0.1) is 18.8 Å². The lowest BCUT2D eigenvalue weighted by Crippen LogP contribution is -2.56. The molecule has 5 nitrogen and oxygen atoms in total. The molecule has 1 unspecified atom stereocenters. The van der Waals surface area contributed by atoms with Crippen LogP contribution in [0.5, 0.6) is 0 Å². The first-order chi connectivity index (χ1) is 8.99. The number of carboxylic acid groups (broad SMARTS) is 1. The summed E-state index contributed by atoms with van der Waals surface area (Å²) in [6.45, 7) is 5.31. The topological polar surface area (TPSA) is 69.6 Å². The van der Waals surface area contributed by atoms with Crippen molar-refractivity contribution in [3.05, 3.63) is 21.9 Å². The van der Waals surface area contributed by atoms with E-state index in [0.717, 1.165) is 4.88 Å². The van der Waals surface area contributed by atoms with Gasteiger partial charge < -0.3 is 15.3 Å². The van der Waals surface area contributed by atoms with Crippen LogP contribution in [0.2, 0.25) is 0 Å². The van der Waals surface area contributed by atoms with E-state index in [0.29, 0.717) is 19.6 Å². The van der Waals surface area contributed by atoms with Gasteiger partial charge in [0.05, 0.1) is 12.5 Å². The molecule has 1 atom stereocenters. The molecule has 0 radical (unpaired) electrons. The Hall–Kier alpha value is -1.56. The fourth-order valence-corrected chi connectivity index (χ4v) is 2.90. The molecule has 19 heavy (non-hydrogen) atoms. The Labute approximate surface area is 116 Å². The third kappa shape index (κ3) is 3.07. The largest absolute Gasteiger partial charge is 0.481 e. The maximum atomic E-state index is 11.8. The molecule has 2 amide bonds. The first kappa shape index (κ1) is 13.9. The number of hydrogen-bond donors (Lipinski definition) is 2. The summed E-state index contributed by atoms with van der Waals surface area (Å²) >= 11 is 1.63. The molecule has 6 heteroatoms. The third-order valence-corrected chi connectivity index (χ3v) is 4.68. The molecule has 1 aromatic rings. The minimum Gasteiger partial charge on any atom is -0.481 e. The van der Waals surface area contributed by atoms with Crippen molar-refractivity contribution in [3.8, 4) is 0 Å². The maximum Gasteiger partial charge on any atom is 0.317 e. The van der Waals surface area contributed by atoms with Gasteiger partial charge in [-0.15, -0.1) is 11.3 Å². The van der Waals surface area contributed by atoms with Crippen molar-refractivity contribution in [2.45, 2.75) is 20.4 Å². The van der Waals surface area contributed by atoms with Crippen molar-refractivity contribution in [3.63, 3.8) is 0 Å². The fourth-order valence-electron chi connectivity index (χ4n) is 2.05. The van der Waals surface area contributed by atoms with Crippen LogP contribution >= 0.6 is 11.3 Å². The summed E-state index contributed by atoms with van der Waals surface area (Å²) in [6, 6.07) is 1.92.